The van der Waals surface area contributed by atoms with Crippen molar-refractivity contribution < 1.29 is 4.79 Å². The van der Waals surface area contributed by atoms with E-state index in [0.717, 1.165) is 30.5 Å². The molecular weight excluding hydrogens is 352 g/mol. The van der Waals surface area contributed by atoms with E-state index >= 15 is 0 Å². The third-order valence-corrected chi connectivity index (χ3v) is 5.38. The summed E-state index contributed by atoms with van der Waals surface area (Å²) >= 11 is 9.60. The van der Waals surface area contributed by atoms with Gasteiger partial charge in [-0.1, -0.05) is 27.5 Å². The standard InChI is InChI=1S/C16H20BrClN2O/c17-12-5-6-13(14(18)9-12)16(21)20-8-2-3-11(10-20)15-4-1-7-19-15/h5-6,9,11,15,19H,1-4,7-8,10H2. The van der Waals surface area contributed by atoms with E-state index in [1.54, 1.807) is 6.07 Å². The Morgan fingerprint density at radius 1 is 1.33 bits per heavy atom. The van der Waals surface area contributed by atoms with Crippen molar-refractivity contribution in [2.75, 3.05) is 19.6 Å². The van der Waals surface area contributed by atoms with Crippen molar-refractivity contribution in [1.29, 1.82) is 0 Å². The molecule has 2 heterocycles. The first kappa shape index (κ1) is 15.3. The van der Waals surface area contributed by atoms with Crippen molar-refractivity contribution in [3.63, 3.8) is 0 Å². The van der Waals surface area contributed by atoms with Gasteiger partial charge in [-0.25, -0.2) is 0 Å². The molecule has 21 heavy (non-hydrogen) atoms. The fourth-order valence-electron chi connectivity index (χ4n) is 3.47. The second-order valence-electron chi connectivity index (χ2n) is 5.98. The van der Waals surface area contributed by atoms with Crippen LogP contribution in [0.3, 0.4) is 0 Å². The van der Waals surface area contributed by atoms with Gasteiger partial charge in [-0.3, -0.25) is 4.79 Å². The second kappa shape index (κ2) is 6.67. The lowest BCUT2D eigenvalue weighted by Gasteiger charge is -2.36. The molecule has 2 aliphatic rings. The van der Waals surface area contributed by atoms with E-state index in [4.69, 9.17) is 11.6 Å². The van der Waals surface area contributed by atoms with Crippen molar-refractivity contribution in [2.24, 2.45) is 5.92 Å². The van der Waals surface area contributed by atoms with Gasteiger partial charge in [0.25, 0.3) is 5.91 Å². The Balaban J connectivity index is 1.71. The molecule has 2 saturated heterocycles. The fourth-order valence-corrected chi connectivity index (χ4v) is 4.22. The van der Waals surface area contributed by atoms with Gasteiger partial charge in [0.1, 0.15) is 0 Å². The van der Waals surface area contributed by atoms with Crippen LogP contribution >= 0.6 is 27.5 Å². The van der Waals surface area contributed by atoms with Crippen molar-refractivity contribution in [3.05, 3.63) is 33.3 Å². The van der Waals surface area contributed by atoms with Crippen molar-refractivity contribution >= 4 is 33.4 Å². The molecule has 3 nitrogen and oxygen atoms in total. The van der Waals surface area contributed by atoms with Gasteiger partial charge in [0.05, 0.1) is 10.6 Å². The van der Waals surface area contributed by atoms with Crippen LogP contribution in [0.1, 0.15) is 36.0 Å². The smallest absolute Gasteiger partial charge is 0.255 e. The number of benzene rings is 1. The Kier molecular flexibility index (Phi) is 4.87. The van der Waals surface area contributed by atoms with Crippen LogP contribution in [0.15, 0.2) is 22.7 Å². The monoisotopic (exact) mass is 370 g/mol. The highest BCUT2D eigenvalue weighted by molar-refractivity contribution is 9.10. The first-order valence-corrected chi connectivity index (χ1v) is 8.80. The van der Waals surface area contributed by atoms with Crippen molar-refractivity contribution in [3.8, 4) is 0 Å². The molecule has 1 aromatic carbocycles. The van der Waals surface area contributed by atoms with Gasteiger partial charge in [0.2, 0.25) is 0 Å². The van der Waals surface area contributed by atoms with Gasteiger partial charge in [0.15, 0.2) is 0 Å². The van der Waals surface area contributed by atoms with E-state index in [1.807, 2.05) is 17.0 Å². The predicted octanol–water partition coefficient (Wildman–Crippen LogP) is 3.71. The Morgan fingerprint density at radius 3 is 2.90 bits per heavy atom. The summed E-state index contributed by atoms with van der Waals surface area (Å²) < 4.78 is 0.899. The zero-order valence-electron chi connectivity index (χ0n) is 11.9. The largest absolute Gasteiger partial charge is 0.338 e. The minimum absolute atomic E-state index is 0.0650. The first-order valence-electron chi connectivity index (χ1n) is 7.63. The van der Waals surface area contributed by atoms with Gasteiger partial charge in [0, 0.05) is 23.6 Å². The summed E-state index contributed by atoms with van der Waals surface area (Å²) in [6, 6.07) is 6.06. The SMILES string of the molecule is O=C(c1ccc(Br)cc1Cl)N1CCCC(C2CCCN2)C1. The summed E-state index contributed by atoms with van der Waals surface area (Å²) in [6.07, 6.45) is 4.80. The number of hydrogen-bond acceptors (Lipinski definition) is 2. The third-order valence-electron chi connectivity index (χ3n) is 4.57. The van der Waals surface area contributed by atoms with Crippen LogP contribution < -0.4 is 5.32 Å². The second-order valence-corrected chi connectivity index (χ2v) is 7.30. The molecule has 0 radical (unpaired) electrons. The Bertz CT molecular complexity index is 531. The molecule has 0 aromatic heterocycles. The minimum atomic E-state index is 0.0650. The van der Waals surface area contributed by atoms with E-state index in [0.29, 0.717) is 22.5 Å². The average Bonchev–Trinajstić information content (AvgIpc) is 3.01. The topological polar surface area (TPSA) is 32.3 Å². The molecule has 3 rings (SSSR count). The number of carbonyl (C=O) groups excluding carboxylic acids is 1. The molecule has 114 valence electrons. The molecule has 2 fully saturated rings. The van der Waals surface area contributed by atoms with Crippen molar-refractivity contribution in [2.45, 2.75) is 31.7 Å². The average molecular weight is 372 g/mol. The fraction of sp³-hybridized carbons (Fsp3) is 0.562. The van der Waals surface area contributed by atoms with Crippen LogP contribution in [-0.4, -0.2) is 36.5 Å². The van der Waals surface area contributed by atoms with Gasteiger partial charge >= 0.3 is 0 Å². The molecule has 0 saturated carbocycles. The summed E-state index contributed by atoms with van der Waals surface area (Å²) in [4.78, 5) is 14.7. The number of nitrogens with one attached hydrogen (secondary N) is 1. The molecule has 2 unspecified atom stereocenters. The molecule has 2 atom stereocenters. The van der Waals surface area contributed by atoms with Crippen LogP contribution in [0.25, 0.3) is 0 Å². The Morgan fingerprint density at radius 2 is 2.19 bits per heavy atom. The zero-order valence-corrected chi connectivity index (χ0v) is 14.3. The third kappa shape index (κ3) is 3.43. The lowest BCUT2D eigenvalue weighted by molar-refractivity contribution is 0.0651. The quantitative estimate of drug-likeness (QED) is 0.859. The molecule has 1 aromatic rings. The Labute approximate surface area is 139 Å². The molecule has 0 spiro atoms. The number of carbonyl (C=O) groups is 1. The zero-order chi connectivity index (χ0) is 14.8. The number of hydrogen-bond donors (Lipinski definition) is 1. The molecule has 2 aliphatic heterocycles. The highest BCUT2D eigenvalue weighted by Gasteiger charge is 2.31. The maximum absolute atomic E-state index is 12.7. The number of rotatable bonds is 2. The number of likely N-dealkylation sites (tertiary alicyclic amines) is 1. The highest BCUT2D eigenvalue weighted by Crippen LogP contribution is 2.28. The van der Waals surface area contributed by atoms with Crippen LogP contribution in [0.2, 0.25) is 5.02 Å². The molecule has 1 N–H and O–H groups in total. The van der Waals surface area contributed by atoms with Gasteiger partial charge in [-0.2, -0.15) is 0 Å². The van der Waals surface area contributed by atoms with Crippen molar-refractivity contribution in [1.82, 2.24) is 10.2 Å². The summed E-state index contributed by atoms with van der Waals surface area (Å²) in [6.45, 7) is 2.81. The maximum Gasteiger partial charge on any atom is 0.255 e. The van der Waals surface area contributed by atoms with E-state index in [9.17, 15) is 4.79 Å². The summed E-state index contributed by atoms with van der Waals surface area (Å²) in [5.41, 5.74) is 0.611. The van der Waals surface area contributed by atoms with E-state index in [-0.39, 0.29) is 5.91 Å². The number of piperidine rings is 1. The van der Waals surface area contributed by atoms with Crippen LogP contribution in [0.5, 0.6) is 0 Å². The molecule has 0 aliphatic carbocycles. The van der Waals surface area contributed by atoms with E-state index in [2.05, 4.69) is 21.2 Å². The van der Waals surface area contributed by atoms with Crippen LogP contribution in [0.4, 0.5) is 0 Å². The van der Waals surface area contributed by atoms with Crippen LogP contribution in [0, 0.1) is 5.92 Å². The molecular formula is C16H20BrClN2O. The normalized spacial score (nSPS) is 26.1. The summed E-state index contributed by atoms with van der Waals surface area (Å²) in [7, 11) is 0. The lowest BCUT2D eigenvalue weighted by atomic mass is 9.89. The van der Waals surface area contributed by atoms with E-state index in [1.165, 1.54) is 19.3 Å². The highest BCUT2D eigenvalue weighted by atomic mass is 79.9. The molecule has 1 amide bonds. The van der Waals surface area contributed by atoms with Gasteiger partial charge < -0.3 is 10.2 Å². The van der Waals surface area contributed by atoms with Gasteiger partial charge in [-0.05, 0) is 56.3 Å². The minimum Gasteiger partial charge on any atom is -0.338 e. The van der Waals surface area contributed by atoms with Gasteiger partial charge in [-0.15, -0.1) is 0 Å². The van der Waals surface area contributed by atoms with Crippen LogP contribution in [-0.2, 0) is 0 Å². The number of halogens is 2. The molecule has 5 heteroatoms. The van der Waals surface area contributed by atoms with E-state index < -0.39 is 0 Å². The maximum atomic E-state index is 12.7. The summed E-state index contributed by atoms with van der Waals surface area (Å²) in [5.74, 6) is 0.648. The number of amides is 1. The molecule has 0 bridgehead atoms. The Hall–Kier alpha value is -0.580. The number of nitrogens with zero attached hydrogens (tertiary/aromatic N) is 1. The first-order chi connectivity index (χ1) is 10.1. The lowest BCUT2D eigenvalue weighted by Crippen LogP contribution is -2.45. The summed E-state index contributed by atoms with van der Waals surface area (Å²) in [5, 5.41) is 4.10. The predicted molar refractivity (Wildman–Crippen MR) is 88.8 cm³/mol.